The van der Waals surface area contributed by atoms with E-state index in [1.165, 1.54) is 0 Å². The van der Waals surface area contributed by atoms with Gasteiger partial charge in [-0.3, -0.25) is 0 Å². The molecule has 58 valence electrons. The molecule has 0 bridgehead atoms. The largest absolute Gasteiger partial charge is 0.395 e. The topological polar surface area (TPSA) is 32.3 Å². The van der Waals surface area contributed by atoms with Gasteiger partial charge in [-0.2, -0.15) is 12.6 Å². The van der Waals surface area contributed by atoms with E-state index in [2.05, 4.69) is 24.9 Å². The Kier molecular flexibility index (Phi) is 21.0. The van der Waals surface area contributed by atoms with Crippen LogP contribution in [0.1, 0.15) is 13.3 Å². The molecule has 0 unspecified atom stereocenters. The lowest BCUT2D eigenvalue weighted by atomic mass is 10.5. The van der Waals surface area contributed by atoms with Gasteiger partial charge in [-0.1, -0.05) is 6.92 Å². The summed E-state index contributed by atoms with van der Waals surface area (Å²) in [5.74, 6) is 0. The van der Waals surface area contributed by atoms with Gasteiger partial charge in [-0.05, 0) is 19.2 Å². The van der Waals surface area contributed by atoms with Gasteiger partial charge in [-0.15, -0.1) is 0 Å². The monoisotopic (exact) mass is 151 g/mol. The molecule has 0 amide bonds. The van der Waals surface area contributed by atoms with E-state index in [0.717, 1.165) is 19.5 Å². The van der Waals surface area contributed by atoms with Crippen LogP contribution in [0.25, 0.3) is 0 Å². The Morgan fingerprint density at radius 3 is 2.22 bits per heavy atom. The summed E-state index contributed by atoms with van der Waals surface area (Å²) >= 11 is 3.53. The van der Waals surface area contributed by atoms with Crippen molar-refractivity contribution in [2.75, 3.05) is 26.0 Å². The lowest BCUT2D eigenvalue weighted by Crippen LogP contribution is -2.18. The van der Waals surface area contributed by atoms with Crippen molar-refractivity contribution >= 4 is 12.6 Å². The second-order valence-electron chi connectivity index (χ2n) is 1.47. The molecule has 3 heteroatoms. The average Bonchev–Trinajstić information content (AvgIpc) is 1.94. The molecule has 0 aromatic rings. The Morgan fingerprint density at radius 1 is 1.33 bits per heavy atom. The summed E-state index contributed by atoms with van der Waals surface area (Å²) in [5.41, 5.74) is 0. The highest BCUT2D eigenvalue weighted by molar-refractivity contribution is 7.79. The lowest BCUT2D eigenvalue weighted by molar-refractivity contribution is 0.292. The highest BCUT2D eigenvalue weighted by atomic mass is 32.1. The van der Waals surface area contributed by atoms with Gasteiger partial charge in [0.15, 0.2) is 0 Å². The maximum Gasteiger partial charge on any atom is 0.0555 e. The second-order valence-corrected chi connectivity index (χ2v) is 1.47. The number of thiol groups is 1. The Morgan fingerprint density at radius 2 is 1.89 bits per heavy atom. The van der Waals surface area contributed by atoms with Crippen LogP contribution in [0.2, 0.25) is 0 Å². The van der Waals surface area contributed by atoms with E-state index in [1.807, 2.05) is 0 Å². The molecule has 0 heterocycles. The second kappa shape index (κ2) is 15.7. The molecule has 2 nitrogen and oxygen atoms in total. The molecular formula is C6H17NOS. The summed E-state index contributed by atoms with van der Waals surface area (Å²) in [7, 11) is 0. The Balaban J connectivity index is 0. The normalized spacial score (nSPS) is 8.00. The molecule has 2 N–H and O–H groups in total. The highest BCUT2D eigenvalue weighted by Crippen LogP contribution is 1.66. The first kappa shape index (κ1) is 12.0. The molecule has 0 aromatic carbocycles. The summed E-state index contributed by atoms with van der Waals surface area (Å²) in [6, 6.07) is 0. The fourth-order valence-corrected chi connectivity index (χ4v) is 0.381. The quantitative estimate of drug-likeness (QED) is 0.404. The molecule has 0 atom stereocenters. The fourth-order valence-electron chi connectivity index (χ4n) is 0.381. The molecule has 0 saturated heterocycles. The summed E-state index contributed by atoms with van der Waals surface area (Å²) < 4.78 is 0. The summed E-state index contributed by atoms with van der Waals surface area (Å²) in [6.45, 7) is 4.10. The van der Waals surface area contributed by atoms with Crippen molar-refractivity contribution in [2.45, 2.75) is 13.3 Å². The van der Waals surface area contributed by atoms with Crippen LogP contribution in [0.15, 0.2) is 0 Å². The maximum atomic E-state index is 8.23. The SMILES string of the molecule is CCCNCCO.CS. The first-order valence-corrected chi connectivity index (χ1v) is 4.07. The molecule has 0 radical (unpaired) electrons. The molecule has 0 spiro atoms. The summed E-state index contributed by atoms with van der Waals surface area (Å²) in [6.07, 6.45) is 2.83. The van der Waals surface area contributed by atoms with Gasteiger partial charge in [-0.25, -0.2) is 0 Å². The third-order valence-corrected chi connectivity index (χ3v) is 0.715. The van der Waals surface area contributed by atoms with Gasteiger partial charge in [0.05, 0.1) is 6.61 Å². The van der Waals surface area contributed by atoms with Gasteiger partial charge >= 0.3 is 0 Å². The number of aliphatic hydroxyl groups excluding tert-OH is 1. The zero-order chi connectivity index (χ0) is 7.54. The highest BCUT2D eigenvalue weighted by Gasteiger charge is 1.77. The standard InChI is InChI=1S/C5H13NO.CH4S/c1-2-3-6-4-5-7;1-2/h6-7H,2-5H2,1H3;2H,1H3. The van der Waals surface area contributed by atoms with Gasteiger partial charge in [0, 0.05) is 6.54 Å². The fraction of sp³-hybridized carbons (Fsp3) is 1.00. The van der Waals surface area contributed by atoms with Crippen molar-refractivity contribution in [3.63, 3.8) is 0 Å². The van der Waals surface area contributed by atoms with Crippen LogP contribution in [0.3, 0.4) is 0 Å². The first-order valence-electron chi connectivity index (χ1n) is 3.18. The third-order valence-electron chi connectivity index (χ3n) is 0.715. The minimum absolute atomic E-state index is 0.250. The zero-order valence-corrected chi connectivity index (χ0v) is 7.12. The van der Waals surface area contributed by atoms with Crippen molar-refractivity contribution in [1.82, 2.24) is 5.32 Å². The predicted octanol–water partition coefficient (Wildman–Crippen LogP) is 0.524. The summed E-state index contributed by atoms with van der Waals surface area (Å²) in [4.78, 5) is 0. The van der Waals surface area contributed by atoms with Crippen molar-refractivity contribution in [3.8, 4) is 0 Å². The zero-order valence-electron chi connectivity index (χ0n) is 6.22. The molecule has 0 rings (SSSR count). The van der Waals surface area contributed by atoms with Crippen LogP contribution < -0.4 is 5.32 Å². The number of nitrogens with one attached hydrogen (secondary N) is 1. The smallest absolute Gasteiger partial charge is 0.0555 e. The minimum Gasteiger partial charge on any atom is -0.395 e. The van der Waals surface area contributed by atoms with Crippen molar-refractivity contribution in [2.24, 2.45) is 0 Å². The molecule has 0 aliphatic heterocycles. The van der Waals surface area contributed by atoms with Gasteiger partial charge < -0.3 is 10.4 Å². The predicted molar refractivity (Wildman–Crippen MR) is 45.2 cm³/mol. The average molecular weight is 151 g/mol. The van der Waals surface area contributed by atoms with Crippen LogP contribution >= 0.6 is 12.6 Å². The van der Waals surface area contributed by atoms with Crippen LogP contribution in [-0.2, 0) is 0 Å². The van der Waals surface area contributed by atoms with Crippen LogP contribution in [-0.4, -0.2) is 31.1 Å². The molecule has 0 aliphatic carbocycles. The van der Waals surface area contributed by atoms with Gasteiger partial charge in [0.1, 0.15) is 0 Å². The van der Waals surface area contributed by atoms with E-state index in [9.17, 15) is 0 Å². The number of hydrogen-bond acceptors (Lipinski definition) is 3. The van der Waals surface area contributed by atoms with E-state index in [-0.39, 0.29) is 6.61 Å². The maximum absolute atomic E-state index is 8.23. The van der Waals surface area contributed by atoms with E-state index in [0.29, 0.717) is 0 Å². The van der Waals surface area contributed by atoms with Crippen LogP contribution in [0, 0.1) is 0 Å². The molecule has 0 saturated carbocycles. The lowest BCUT2D eigenvalue weighted by Gasteiger charge is -1.95. The van der Waals surface area contributed by atoms with Crippen LogP contribution in [0.4, 0.5) is 0 Å². The molecule has 0 aliphatic rings. The van der Waals surface area contributed by atoms with E-state index in [1.54, 1.807) is 6.26 Å². The van der Waals surface area contributed by atoms with Gasteiger partial charge in [0.2, 0.25) is 0 Å². The molecule has 9 heavy (non-hydrogen) atoms. The third kappa shape index (κ3) is 17.8. The van der Waals surface area contributed by atoms with E-state index >= 15 is 0 Å². The van der Waals surface area contributed by atoms with Crippen molar-refractivity contribution < 1.29 is 5.11 Å². The Hall–Kier alpha value is 0.270. The van der Waals surface area contributed by atoms with Crippen molar-refractivity contribution in [1.29, 1.82) is 0 Å². The minimum atomic E-state index is 0.250. The van der Waals surface area contributed by atoms with Crippen molar-refractivity contribution in [3.05, 3.63) is 0 Å². The number of hydrogen-bond donors (Lipinski definition) is 3. The van der Waals surface area contributed by atoms with E-state index in [4.69, 9.17) is 5.11 Å². The molecule has 0 aromatic heterocycles. The first-order chi connectivity index (χ1) is 4.41. The van der Waals surface area contributed by atoms with Crippen LogP contribution in [0.5, 0.6) is 0 Å². The molecule has 0 fully saturated rings. The summed E-state index contributed by atoms with van der Waals surface area (Å²) in [5, 5.41) is 11.3. The Labute approximate surface area is 63.1 Å². The molecular weight excluding hydrogens is 134 g/mol. The Bertz CT molecular complexity index is 32.2. The number of rotatable bonds is 4. The van der Waals surface area contributed by atoms with Gasteiger partial charge in [0.25, 0.3) is 0 Å². The van der Waals surface area contributed by atoms with E-state index < -0.39 is 0 Å². The number of aliphatic hydroxyl groups is 1.